The Morgan fingerprint density at radius 1 is 1.18 bits per heavy atom. The fourth-order valence-corrected chi connectivity index (χ4v) is 3.02. The Bertz CT molecular complexity index is 625. The molecular weight excluding hydrogens is 272 g/mol. The number of allylic oxidation sites excluding steroid dienone is 2. The van der Waals surface area contributed by atoms with Crippen LogP contribution < -0.4 is 10.6 Å². The van der Waals surface area contributed by atoms with Crippen LogP contribution in [0.25, 0.3) is 0 Å². The van der Waals surface area contributed by atoms with Gasteiger partial charge in [-0.05, 0) is 35.9 Å². The number of amides is 1. The molecule has 0 spiro atoms. The highest BCUT2D eigenvalue weighted by Gasteiger charge is 2.27. The van der Waals surface area contributed by atoms with Crippen LogP contribution in [0, 0.1) is 5.92 Å². The van der Waals surface area contributed by atoms with Gasteiger partial charge >= 0.3 is 0 Å². The van der Waals surface area contributed by atoms with Gasteiger partial charge in [-0.15, -0.1) is 0 Å². The standard InChI is InChI=1S/C19H22N2O/c1-2-5-14-8-10-16(11-9-14)21-19(22)12-15-13-20-18-7-4-3-6-17(15)18/h3-4,6-11,13,17-18,20H,2,5,12H2,1H3,(H,21,22). The van der Waals surface area contributed by atoms with Gasteiger partial charge in [0.15, 0.2) is 0 Å². The minimum Gasteiger partial charge on any atom is -0.384 e. The van der Waals surface area contributed by atoms with Crippen LogP contribution in [0.15, 0.2) is 60.3 Å². The summed E-state index contributed by atoms with van der Waals surface area (Å²) in [4.78, 5) is 12.2. The van der Waals surface area contributed by atoms with Crippen molar-refractivity contribution in [1.82, 2.24) is 5.32 Å². The van der Waals surface area contributed by atoms with Gasteiger partial charge in [-0.1, -0.05) is 49.8 Å². The first-order valence-electron chi connectivity index (χ1n) is 7.95. The molecule has 1 aliphatic carbocycles. The number of anilines is 1. The first-order chi connectivity index (χ1) is 10.8. The molecule has 0 saturated carbocycles. The molecule has 1 aromatic carbocycles. The molecule has 3 nitrogen and oxygen atoms in total. The fourth-order valence-electron chi connectivity index (χ4n) is 3.02. The van der Waals surface area contributed by atoms with E-state index in [-0.39, 0.29) is 5.91 Å². The van der Waals surface area contributed by atoms with E-state index in [1.54, 1.807) is 0 Å². The van der Waals surface area contributed by atoms with Crippen molar-refractivity contribution in [3.8, 4) is 0 Å². The summed E-state index contributed by atoms with van der Waals surface area (Å²) in [6.45, 7) is 2.17. The van der Waals surface area contributed by atoms with E-state index >= 15 is 0 Å². The molecule has 2 aliphatic rings. The Hall–Kier alpha value is -2.29. The van der Waals surface area contributed by atoms with E-state index in [2.05, 4.69) is 41.8 Å². The van der Waals surface area contributed by atoms with Gasteiger partial charge in [0.05, 0.1) is 12.5 Å². The predicted molar refractivity (Wildman–Crippen MR) is 90.5 cm³/mol. The lowest BCUT2D eigenvalue weighted by molar-refractivity contribution is -0.115. The van der Waals surface area contributed by atoms with Crippen molar-refractivity contribution in [2.45, 2.75) is 32.2 Å². The third-order valence-electron chi connectivity index (χ3n) is 4.17. The zero-order valence-corrected chi connectivity index (χ0v) is 12.9. The van der Waals surface area contributed by atoms with Crippen LogP contribution in [0.5, 0.6) is 0 Å². The normalized spacial score (nSPS) is 22.0. The molecule has 22 heavy (non-hydrogen) atoms. The number of carbonyl (C=O) groups is 1. The molecule has 0 bridgehead atoms. The average Bonchev–Trinajstić information content (AvgIpc) is 2.93. The highest BCUT2D eigenvalue weighted by atomic mass is 16.1. The monoisotopic (exact) mass is 294 g/mol. The van der Waals surface area contributed by atoms with Crippen LogP contribution in [0.2, 0.25) is 0 Å². The Kier molecular flexibility index (Phi) is 4.42. The number of benzene rings is 1. The van der Waals surface area contributed by atoms with E-state index in [1.165, 1.54) is 5.56 Å². The smallest absolute Gasteiger partial charge is 0.228 e. The molecule has 2 unspecified atom stereocenters. The lowest BCUT2D eigenvalue weighted by Gasteiger charge is -2.18. The van der Waals surface area contributed by atoms with Crippen molar-refractivity contribution in [3.05, 3.63) is 65.9 Å². The number of rotatable bonds is 5. The lowest BCUT2D eigenvalue weighted by Crippen LogP contribution is -2.25. The molecular formula is C19H22N2O. The van der Waals surface area contributed by atoms with Gasteiger partial charge in [0.25, 0.3) is 0 Å². The minimum atomic E-state index is 0.0416. The molecule has 0 aromatic heterocycles. The minimum absolute atomic E-state index is 0.0416. The third-order valence-corrected chi connectivity index (χ3v) is 4.17. The lowest BCUT2D eigenvalue weighted by atomic mass is 9.89. The van der Waals surface area contributed by atoms with Crippen molar-refractivity contribution in [2.75, 3.05) is 5.32 Å². The van der Waals surface area contributed by atoms with Crippen LogP contribution in [0.3, 0.4) is 0 Å². The first kappa shape index (κ1) is 14.6. The number of fused-ring (bicyclic) bond motifs is 1. The molecule has 3 rings (SSSR count). The van der Waals surface area contributed by atoms with E-state index in [0.717, 1.165) is 24.1 Å². The van der Waals surface area contributed by atoms with Crippen LogP contribution in [0.4, 0.5) is 5.69 Å². The average molecular weight is 294 g/mol. The van der Waals surface area contributed by atoms with Gasteiger partial charge in [-0.3, -0.25) is 4.79 Å². The second-order valence-corrected chi connectivity index (χ2v) is 5.88. The maximum Gasteiger partial charge on any atom is 0.228 e. The van der Waals surface area contributed by atoms with E-state index in [4.69, 9.17) is 0 Å². The number of carbonyl (C=O) groups excluding carboxylic acids is 1. The molecule has 0 saturated heterocycles. The van der Waals surface area contributed by atoms with Crippen molar-refractivity contribution < 1.29 is 4.79 Å². The molecule has 1 aromatic rings. The summed E-state index contributed by atoms with van der Waals surface area (Å²) in [5, 5.41) is 6.30. The fraction of sp³-hybridized carbons (Fsp3) is 0.316. The van der Waals surface area contributed by atoms with Crippen LogP contribution >= 0.6 is 0 Å². The molecule has 0 radical (unpaired) electrons. The van der Waals surface area contributed by atoms with Gasteiger partial charge in [0.1, 0.15) is 0 Å². The molecule has 2 atom stereocenters. The van der Waals surface area contributed by atoms with Crippen molar-refractivity contribution in [1.29, 1.82) is 0 Å². The predicted octanol–water partition coefficient (Wildman–Crippen LogP) is 3.57. The summed E-state index contributed by atoms with van der Waals surface area (Å²) < 4.78 is 0. The van der Waals surface area contributed by atoms with Crippen LogP contribution in [-0.4, -0.2) is 11.9 Å². The molecule has 1 heterocycles. The molecule has 1 aliphatic heterocycles. The van der Waals surface area contributed by atoms with Crippen molar-refractivity contribution in [3.63, 3.8) is 0 Å². The maximum absolute atomic E-state index is 12.2. The second-order valence-electron chi connectivity index (χ2n) is 5.88. The van der Waals surface area contributed by atoms with Gasteiger partial charge < -0.3 is 10.6 Å². The zero-order chi connectivity index (χ0) is 15.4. The Balaban J connectivity index is 1.56. The second kappa shape index (κ2) is 6.65. The van der Waals surface area contributed by atoms with E-state index in [9.17, 15) is 4.79 Å². The van der Waals surface area contributed by atoms with E-state index in [1.807, 2.05) is 30.5 Å². The topological polar surface area (TPSA) is 41.1 Å². The molecule has 0 fully saturated rings. The SMILES string of the molecule is CCCc1ccc(NC(=O)CC2=CNC3C=CC=CC23)cc1. The largest absolute Gasteiger partial charge is 0.384 e. The van der Waals surface area contributed by atoms with Crippen molar-refractivity contribution in [2.24, 2.45) is 5.92 Å². The Morgan fingerprint density at radius 2 is 1.95 bits per heavy atom. The number of aryl methyl sites for hydroxylation is 1. The first-order valence-corrected chi connectivity index (χ1v) is 7.95. The van der Waals surface area contributed by atoms with Crippen molar-refractivity contribution >= 4 is 11.6 Å². The molecule has 1 amide bonds. The maximum atomic E-state index is 12.2. The van der Waals surface area contributed by atoms with Gasteiger partial charge in [0, 0.05) is 11.6 Å². The Morgan fingerprint density at radius 3 is 2.73 bits per heavy atom. The van der Waals surface area contributed by atoms with E-state index < -0.39 is 0 Å². The van der Waals surface area contributed by atoms with Crippen LogP contribution in [-0.2, 0) is 11.2 Å². The zero-order valence-electron chi connectivity index (χ0n) is 12.9. The molecule has 2 N–H and O–H groups in total. The van der Waals surface area contributed by atoms with Gasteiger partial charge in [0.2, 0.25) is 5.91 Å². The van der Waals surface area contributed by atoms with Crippen LogP contribution in [0.1, 0.15) is 25.3 Å². The molecule has 114 valence electrons. The molecule has 3 heteroatoms. The summed E-state index contributed by atoms with van der Waals surface area (Å²) in [6.07, 6.45) is 13.0. The summed E-state index contributed by atoms with van der Waals surface area (Å²) in [6, 6.07) is 8.44. The van der Waals surface area contributed by atoms with Gasteiger partial charge in [-0.2, -0.15) is 0 Å². The number of hydrogen-bond acceptors (Lipinski definition) is 2. The quantitative estimate of drug-likeness (QED) is 0.871. The summed E-state index contributed by atoms with van der Waals surface area (Å²) >= 11 is 0. The highest BCUT2D eigenvalue weighted by Crippen LogP contribution is 2.28. The summed E-state index contributed by atoms with van der Waals surface area (Å²) in [5.74, 6) is 0.350. The Labute approximate surface area is 131 Å². The van der Waals surface area contributed by atoms with Gasteiger partial charge in [-0.25, -0.2) is 0 Å². The summed E-state index contributed by atoms with van der Waals surface area (Å²) in [7, 11) is 0. The number of hydrogen-bond donors (Lipinski definition) is 2. The summed E-state index contributed by atoms with van der Waals surface area (Å²) in [5.41, 5.74) is 3.32. The number of nitrogens with one attached hydrogen (secondary N) is 2. The van der Waals surface area contributed by atoms with E-state index in [0.29, 0.717) is 18.4 Å². The third kappa shape index (κ3) is 3.30. The highest BCUT2D eigenvalue weighted by molar-refractivity contribution is 5.92.